The van der Waals surface area contributed by atoms with Crippen LogP contribution in [-0.2, 0) is 0 Å². The summed E-state index contributed by atoms with van der Waals surface area (Å²) in [7, 11) is 2.06. The van der Waals surface area contributed by atoms with Gasteiger partial charge in [0.2, 0.25) is 0 Å². The molecule has 1 aromatic rings. The van der Waals surface area contributed by atoms with Crippen LogP contribution in [0.2, 0.25) is 0 Å². The van der Waals surface area contributed by atoms with Crippen LogP contribution in [0.25, 0.3) is 0 Å². The summed E-state index contributed by atoms with van der Waals surface area (Å²) < 4.78 is 0. The minimum Gasteiger partial charge on any atom is -0.312 e. The van der Waals surface area contributed by atoms with Crippen molar-refractivity contribution < 1.29 is 0 Å². The number of unbranched alkanes of at least 4 members (excludes halogenated alkanes) is 2. The van der Waals surface area contributed by atoms with Crippen molar-refractivity contribution in [3.05, 3.63) is 35.4 Å². The molecule has 1 aromatic carbocycles. The zero-order chi connectivity index (χ0) is 12.5. The fourth-order valence-corrected chi connectivity index (χ4v) is 3.12. The molecule has 2 heteroatoms. The number of benzene rings is 1. The third kappa shape index (κ3) is 5.13. The Balaban J connectivity index is 2.41. The van der Waals surface area contributed by atoms with Crippen LogP contribution >= 0.6 is 11.8 Å². The Kier molecular flexibility index (Phi) is 7.38. The molecule has 17 heavy (non-hydrogen) atoms. The molecule has 0 aliphatic heterocycles. The maximum atomic E-state index is 3.43. The summed E-state index contributed by atoms with van der Waals surface area (Å²) in [5, 5.41) is 3.43. The minimum absolute atomic E-state index is 0.489. The highest BCUT2D eigenvalue weighted by atomic mass is 32.2. The molecule has 0 saturated carbocycles. The molecule has 0 saturated heterocycles. The number of aryl methyl sites for hydroxylation is 1. The molecule has 0 aliphatic carbocycles. The van der Waals surface area contributed by atoms with Gasteiger partial charge in [-0.05, 0) is 37.3 Å². The summed E-state index contributed by atoms with van der Waals surface area (Å²) in [4.78, 5) is 0. The highest BCUT2D eigenvalue weighted by molar-refractivity contribution is 7.99. The lowest BCUT2D eigenvalue weighted by molar-refractivity contribution is 0.657. The third-order valence-corrected chi connectivity index (χ3v) is 4.24. The van der Waals surface area contributed by atoms with Crippen molar-refractivity contribution in [2.24, 2.45) is 0 Å². The van der Waals surface area contributed by atoms with Gasteiger partial charge >= 0.3 is 0 Å². The zero-order valence-electron chi connectivity index (χ0n) is 11.3. The van der Waals surface area contributed by atoms with Crippen molar-refractivity contribution in [3.8, 4) is 0 Å². The van der Waals surface area contributed by atoms with Crippen LogP contribution in [0.1, 0.15) is 43.4 Å². The molecule has 0 heterocycles. The average Bonchev–Trinajstić information content (AvgIpc) is 2.35. The first-order valence-corrected chi connectivity index (χ1v) is 7.75. The molecule has 1 atom stereocenters. The summed E-state index contributed by atoms with van der Waals surface area (Å²) in [6.45, 7) is 4.45. The van der Waals surface area contributed by atoms with Crippen molar-refractivity contribution in [3.63, 3.8) is 0 Å². The number of hydrogen-bond donors (Lipinski definition) is 1. The Morgan fingerprint density at radius 2 is 2.00 bits per heavy atom. The van der Waals surface area contributed by atoms with E-state index in [4.69, 9.17) is 0 Å². The van der Waals surface area contributed by atoms with Gasteiger partial charge in [-0.2, -0.15) is 11.8 Å². The molecule has 1 nitrogen and oxygen atoms in total. The van der Waals surface area contributed by atoms with Gasteiger partial charge in [-0.1, -0.05) is 44.0 Å². The maximum Gasteiger partial charge on any atom is 0.0412 e. The fraction of sp³-hybridized carbons (Fsp3) is 0.600. The summed E-state index contributed by atoms with van der Waals surface area (Å²) >= 11 is 2.07. The van der Waals surface area contributed by atoms with Gasteiger partial charge in [0.1, 0.15) is 0 Å². The molecule has 96 valence electrons. The second-order valence-corrected chi connectivity index (χ2v) is 5.63. The smallest absolute Gasteiger partial charge is 0.0412 e. The quantitative estimate of drug-likeness (QED) is 0.696. The van der Waals surface area contributed by atoms with Crippen LogP contribution in [0.15, 0.2) is 24.3 Å². The lowest BCUT2D eigenvalue weighted by Gasteiger charge is -2.18. The monoisotopic (exact) mass is 251 g/mol. The SMILES string of the molecule is CCCCCSCC(NC)c1ccccc1C. The second kappa shape index (κ2) is 8.60. The molecular weight excluding hydrogens is 226 g/mol. The summed E-state index contributed by atoms with van der Waals surface area (Å²) in [6, 6.07) is 9.17. The Labute approximate surface area is 110 Å². The van der Waals surface area contributed by atoms with Gasteiger partial charge in [0.15, 0.2) is 0 Å². The predicted molar refractivity (Wildman–Crippen MR) is 79.8 cm³/mol. The lowest BCUT2D eigenvalue weighted by Crippen LogP contribution is -2.19. The van der Waals surface area contributed by atoms with Crippen LogP contribution in [-0.4, -0.2) is 18.6 Å². The van der Waals surface area contributed by atoms with E-state index < -0.39 is 0 Å². The van der Waals surface area contributed by atoms with E-state index in [1.54, 1.807) is 0 Å². The highest BCUT2D eigenvalue weighted by Crippen LogP contribution is 2.21. The van der Waals surface area contributed by atoms with Crippen LogP contribution in [0.5, 0.6) is 0 Å². The first-order chi connectivity index (χ1) is 8.29. The first-order valence-electron chi connectivity index (χ1n) is 6.60. The van der Waals surface area contributed by atoms with E-state index in [1.807, 2.05) is 0 Å². The van der Waals surface area contributed by atoms with Crippen LogP contribution < -0.4 is 5.32 Å². The Morgan fingerprint density at radius 3 is 2.65 bits per heavy atom. The van der Waals surface area contributed by atoms with E-state index in [0.29, 0.717) is 6.04 Å². The van der Waals surface area contributed by atoms with Crippen LogP contribution in [0.3, 0.4) is 0 Å². The van der Waals surface area contributed by atoms with Crippen LogP contribution in [0.4, 0.5) is 0 Å². The van der Waals surface area contributed by atoms with Gasteiger partial charge in [0.25, 0.3) is 0 Å². The Bertz CT molecular complexity index is 312. The molecular formula is C15H25NS. The van der Waals surface area contributed by atoms with Gasteiger partial charge in [0, 0.05) is 11.8 Å². The lowest BCUT2D eigenvalue weighted by atomic mass is 10.0. The summed E-state index contributed by atoms with van der Waals surface area (Å²) in [5.74, 6) is 2.46. The van der Waals surface area contributed by atoms with Crippen molar-refractivity contribution in [1.29, 1.82) is 0 Å². The van der Waals surface area contributed by atoms with Crippen molar-refractivity contribution in [1.82, 2.24) is 5.32 Å². The van der Waals surface area contributed by atoms with E-state index in [9.17, 15) is 0 Å². The predicted octanol–water partition coefficient (Wildman–Crippen LogP) is 4.18. The number of hydrogen-bond acceptors (Lipinski definition) is 2. The average molecular weight is 251 g/mol. The van der Waals surface area contributed by atoms with E-state index in [-0.39, 0.29) is 0 Å². The van der Waals surface area contributed by atoms with Crippen LogP contribution in [0, 0.1) is 6.92 Å². The molecule has 0 aliphatic rings. The Morgan fingerprint density at radius 1 is 1.24 bits per heavy atom. The van der Waals surface area contributed by atoms with Gasteiger partial charge in [-0.3, -0.25) is 0 Å². The van der Waals surface area contributed by atoms with Gasteiger partial charge in [0.05, 0.1) is 0 Å². The maximum absolute atomic E-state index is 3.43. The fourth-order valence-electron chi connectivity index (χ4n) is 1.96. The summed E-state index contributed by atoms with van der Waals surface area (Å²) in [5.41, 5.74) is 2.83. The minimum atomic E-state index is 0.489. The van der Waals surface area contributed by atoms with Gasteiger partial charge in [-0.25, -0.2) is 0 Å². The highest BCUT2D eigenvalue weighted by Gasteiger charge is 2.10. The van der Waals surface area contributed by atoms with Crippen molar-refractivity contribution >= 4 is 11.8 Å². The largest absolute Gasteiger partial charge is 0.312 e. The van der Waals surface area contributed by atoms with Crippen molar-refractivity contribution in [2.75, 3.05) is 18.6 Å². The van der Waals surface area contributed by atoms with Crippen molar-refractivity contribution in [2.45, 2.75) is 39.2 Å². The first kappa shape index (κ1) is 14.6. The number of nitrogens with one attached hydrogen (secondary N) is 1. The van der Waals surface area contributed by atoms with Gasteiger partial charge in [-0.15, -0.1) is 0 Å². The molecule has 1 unspecified atom stereocenters. The number of thioether (sulfide) groups is 1. The molecule has 0 fully saturated rings. The van der Waals surface area contributed by atoms with Gasteiger partial charge < -0.3 is 5.32 Å². The zero-order valence-corrected chi connectivity index (χ0v) is 12.1. The number of rotatable bonds is 8. The standard InChI is InChI=1S/C15H25NS/c1-4-5-8-11-17-12-15(16-3)14-10-7-6-9-13(14)2/h6-7,9-10,15-16H,4-5,8,11-12H2,1-3H3. The molecule has 1 N–H and O–H groups in total. The second-order valence-electron chi connectivity index (χ2n) is 4.48. The molecule has 1 rings (SSSR count). The molecule has 0 radical (unpaired) electrons. The van der Waals surface area contributed by atoms with E-state index >= 15 is 0 Å². The van der Waals surface area contributed by atoms with E-state index in [2.05, 4.69) is 62.2 Å². The Hall–Kier alpha value is -0.470. The van der Waals surface area contributed by atoms with E-state index in [1.165, 1.54) is 41.9 Å². The molecule has 0 aromatic heterocycles. The third-order valence-electron chi connectivity index (χ3n) is 3.09. The topological polar surface area (TPSA) is 12.0 Å². The normalized spacial score (nSPS) is 12.6. The molecule has 0 spiro atoms. The van der Waals surface area contributed by atoms with E-state index in [0.717, 1.165) is 0 Å². The molecule has 0 amide bonds. The molecule has 0 bridgehead atoms. The summed E-state index contributed by atoms with van der Waals surface area (Å²) in [6.07, 6.45) is 4.03.